The maximum atomic E-state index is 12.4. The number of phenols is 1. The highest BCUT2D eigenvalue weighted by Gasteiger charge is 2.25. The second-order valence-electron chi connectivity index (χ2n) is 6.80. The first kappa shape index (κ1) is 20.5. The van der Waals surface area contributed by atoms with Crippen LogP contribution in [0.3, 0.4) is 0 Å². The van der Waals surface area contributed by atoms with Gasteiger partial charge in [-0.3, -0.25) is 10.1 Å². The van der Waals surface area contributed by atoms with Crippen molar-refractivity contribution in [3.63, 3.8) is 0 Å². The molecule has 0 aliphatic carbocycles. The van der Waals surface area contributed by atoms with E-state index in [1.165, 1.54) is 31.4 Å². The predicted molar refractivity (Wildman–Crippen MR) is 101 cm³/mol. The zero-order valence-electron chi connectivity index (χ0n) is 15.3. The minimum absolute atomic E-state index is 0.0827. The lowest BCUT2D eigenvalue weighted by Crippen LogP contribution is -2.40. The third-order valence-electron chi connectivity index (χ3n) is 3.37. The third-order valence-corrected chi connectivity index (χ3v) is 5.13. The van der Waals surface area contributed by atoms with Crippen LogP contribution in [0.25, 0.3) is 0 Å². The topological polar surface area (TPSA) is 131 Å². The molecule has 0 aromatic heterocycles. The zero-order chi connectivity index (χ0) is 20.4. The predicted octanol–water partition coefficient (Wildman–Crippen LogP) is 3.13. The van der Waals surface area contributed by atoms with Gasteiger partial charge < -0.3 is 15.2 Å². The van der Waals surface area contributed by atoms with Gasteiger partial charge in [-0.25, -0.2) is 13.1 Å². The number of anilines is 2. The molecular formula is C17H21N3O6S. The maximum Gasteiger partial charge on any atom is 0.294 e. The lowest BCUT2D eigenvalue weighted by molar-refractivity contribution is -0.384. The largest absolute Gasteiger partial charge is 0.504 e. The Bertz CT molecular complexity index is 967. The van der Waals surface area contributed by atoms with Crippen molar-refractivity contribution in [1.29, 1.82) is 0 Å². The molecule has 3 N–H and O–H groups in total. The Morgan fingerprint density at radius 2 is 1.81 bits per heavy atom. The number of benzene rings is 2. The average molecular weight is 395 g/mol. The quantitative estimate of drug-likeness (QED) is 0.506. The van der Waals surface area contributed by atoms with Gasteiger partial charge in [0.05, 0.1) is 16.9 Å². The fourth-order valence-corrected chi connectivity index (χ4v) is 3.76. The van der Waals surface area contributed by atoms with Gasteiger partial charge in [-0.1, -0.05) is 0 Å². The molecule has 0 saturated carbocycles. The first-order chi connectivity index (χ1) is 12.4. The average Bonchev–Trinajstić information content (AvgIpc) is 2.52. The molecule has 0 bridgehead atoms. The van der Waals surface area contributed by atoms with Crippen molar-refractivity contribution >= 4 is 27.1 Å². The Kier molecular flexibility index (Phi) is 5.62. The summed E-state index contributed by atoms with van der Waals surface area (Å²) in [6, 6.07) is 7.96. The molecule has 0 spiro atoms. The van der Waals surface area contributed by atoms with Gasteiger partial charge in [0.2, 0.25) is 10.0 Å². The lowest BCUT2D eigenvalue weighted by atomic mass is 10.1. The highest BCUT2D eigenvalue weighted by atomic mass is 32.2. The van der Waals surface area contributed by atoms with E-state index >= 15 is 0 Å². The number of nitro groups is 1. The van der Waals surface area contributed by atoms with E-state index in [-0.39, 0.29) is 22.1 Å². The summed E-state index contributed by atoms with van der Waals surface area (Å²) in [5.41, 5.74) is -0.688. The second-order valence-corrected chi connectivity index (χ2v) is 8.49. The molecule has 0 fully saturated rings. The fourth-order valence-electron chi connectivity index (χ4n) is 2.32. The van der Waals surface area contributed by atoms with Crippen LogP contribution >= 0.6 is 0 Å². The zero-order valence-corrected chi connectivity index (χ0v) is 16.1. The molecule has 0 saturated heterocycles. The summed E-state index contributed by atoms with van der Waals surface area (Å²) in [6.45, 7) is 5.01. The van der Waals surface area contributed by atoms with Crippen LogP contribution in [0.2, 0.25) is 0 Å². The van der Waals surface area contributed by atoms with E-state index in [0.29, 0.717) is 5.69 Å². The first-order valence-electron chi connectivity index (χ1n) is 7.89. The van der Waals surface area contributed by atoms with Gasteiger partial charge in [-0.2, -0.15) is 0 Å². The number of rotatable bonds is 6. The minimum atomic E-state index is -3.92. The summed E-state index contributed by atoms with van der Waals surface area (Å²) in [6.07, 6.45) is 0. The standard InChI is InChI=1S/C17H21N3O6S/c1-17(2,3)19-27(24,25)12-6-7-13(14(10-12)20(22)23)18-11-5-8-16(26-4)15(21)9-11/h5-10,18-19,21H,1-4H3. The van der Waals surface area contributed by atoms with E-state index < -0.39 is 26.2 Å². The number of nitro benzene ring substituents is 1. The van der Waals surface area contributed by atoms with E-state index in [9.17, 15) is 23.6 Å². The summed E-state index contributed by atoms with van der Waals surface area (Å²) >= 11 is 0. The first-order valence-corrected chi connectivity index (χ1v) is 9.38. The van der Waals surface area contributed by atoms with Gasteiger partial charge in [-0.15, -0.1) is 0 Å². The van der Waals surface area contributed by atoms with Crippen LogP contribution in [0.4, 0.5) is 17.1 Å². The molecule has 27 heavy (non-hydrogen) atoms. The van der Waals surface area contributed by atoms with E-state index in [1.54, 1.807) is 26.8 Å². The Labute approximate surface area is 157 Å². The van der Waals surface area contributed by atoms with Crippen molar-refractivity contribution in [2.45, 2.75) is 31.2 Å². The number of methoxy groups -OCH3 is 1. The van der Waals surface area contributed by atoms with Gasteiger partial charge in [0, 0.05) is 23.4 Å². The normalized spacial score (nSPS) is 11.9. The molecule has 9 nitrogen and oxygen atoms in total. The molecule has 0 radical (unpaired) electrons. The van der Waals surface area contributed by atoms with E-state index in [0.717, 1.165) is 6.07 Å². The Hall–Kier alpha value is -2.85. The van der Waals surface area contributed by atoms with Crippen molar-refractivity contribution in [2.24, 2.45) is 0 Å². The number of hydrogen-bond acceptors (Lipinski definition) is 7. The van der Waals surface area contributed by atoms with Crippen molar-refractivity contribution in [1.82, 2.24) is 4.72 Å². The molecule has 0 unspecified atom stereocenters. The number of hydrogen-bond donors (Lipinski definition) is 3. The molecule has 0 atom stereocenters. The van der Waals surface area contributed by atoms with Gasteiger partial charge in [0.15, 0.2) is 11.5 Å². The van der Waals surface area contributed by atoms with Crippen LogP contribution in [-0.2, 0) is 10.0 Å². The van der Waals surface area contributed by atoms with E-state index in [4.69, 9.17) is 4.74 Å². The Morgan fingerprint density at radius 3 is 2.33 bits per heavy atom. The van der Waals surface area contributed by atoms with Crippen molar-refractivity contribution in [3.05, 3.63) is 46.5 Å². The summed E-state index contributed by atoms with van der Waals surface area (Å²) < 4.78 is 32.2. The molecule has 0 aliphatic heterocycles. The number of aromatic hydroxyl groups is 1. The molecule has 0 aliphatic rings. The summed E-state index contributed by atoms with van der Waals surface area (Å²) in [5.74, 6) is 0.114. The maximum absolute atomic E-state index is 12.4. The molecule has 146 valence electrons. The van der Waals surface area contributed by atoms with Gasteiger partial charge in [0.25, 0.3) is 5.69 Å². The van der Waals surface area contributed by atoms with Crippen LogP contribution in [0.15, 0.2) is 41.3 Å². The van der Waals surface area contributed by atoms with Gasteiger partial charge >= 0.3 is 0 Å². The Balaban J connectivity index is 2.42. The number of nitrogens with one attached hydrogen (secondary N) is 2. The number of ether oxygens (including phenoxy) is 1. The Morgan fingerprint density at radius 1 is 1.15 bits per heavy atom. The molecule has 2 aromatic carbocycles. The fraction of sp³-hybridized carbons (Fsp3) is 0.294. The number of sulfonamides is 1. The number of phenolic OH excluding ortho intramolecular Hbond substituents is 1. The van der Waals surface area contributed by atoms with Crippen LogP contribution in [0, 0.1) is 10.1 Å². The van der Waals surface area contributed by atoms with E-state index in [2.05, 4.69) is 10.0 Å². The van der Waals surface area contributed by atoms with E-state index in [1.807, 2.05) is 0 Å². The van der Waals surface area contributed by atoms with Crippen LogP contribution in [0.5, 0.6) is 11.5 Å². The SMILES string of the molecule is COc1ccc(Nc2ccc(S(=O)(=O)NC(C)(C)C)cc2[N+](=O)[O-])cc1O. The summed E-state index contributed by atoms with van der Waals surface area (Å²) in [4.78, 5) is 10.5. The summed E-state index contributed by atoms with van der Waals surface area (Å²) in [5, 5.41) is 24.0. The second kappa shape index (κ2) is 7.41. The molecular weight excluding hydrogens is 374 g/mol. The third kappa shape index (κ3) is 5.08. The van der Waals surface area contributed by atoms with Crippen LogP contribution < -0.4 is 14.8 Å². The number of nitrogens with zero attached hydrogens (tertiary/aromatic N) is 1. The van der Waals surface area contributed by atoms with Crippen molar-refractivity contribution < 1.29 is 23.2 Å². The molecule has 0 heterocycles. The van der Waals surface area contributed by atoms with Crippen molar-refractivity contribution in [2.75, 3.05) is 12.4 Å². The highest BCUT2D eigenvalue weighted by molar-refractivity contribution is 7.89. The van der Waals surface area contributed by atoms with Gasteiger partial charge in [0.1, 0.15) is 5.69 Å². The summed E-state index contributed by atoms with van der Waals surface area (Å²) in [7, 11) is -2.52. The van der Waals surface area contributed by atoms with Crippen LogP contribution in [0.1, 0.15) is 20.8 Å². The smallest absolute Gasteiger partial charge is 0.294 e. The molecule has 2 rings (SSSR count). The highest BCUT2D eigenvalue weighted by Crippen LogP contribution is 2.34. The molecule has 2 aromatic rings. The molecule has 0 amide bonds. The minimum Gasteiger partial charge on any atom is -0.504 e. The van der Waals surface area contributed by atoms with Crippen molar-refractivity contribution in [3.8, 4) is 11.5 Å². The monoisotopic (exact) mass is 395 g/mol. The molecule has 10 heteroatoms. The van der Waals surface area contributed by atoms with Crippen LogP contribution in [-0.4, -0.2) is 31.1 Å². The lowest BCUT2D eigenvalue weighted by Gasteiger charge is -2.20. The van der Waals surface area contributed by atoms with Gasteiger partial charge in [-0.05, 0) is 45.0 Å².